The van der Waals surface area contributed by atoms with Gasteiger partial charge < -0.3 is 24.4 Å². The van der Waals surface area contributed by atoms with Crippen molar-refractivity contribution < 1.29 is 27.8 Å². The number of aromatic nitrogens is 2. The zero-order valence-electron chi connectivity index (χ0n) is 33.0. The second kappa shape index (κ2) is 17.1. The Hall–Kier alpha value is -5.28. The molecule has 59 heavy (non-hydrogen) atoms. The summed E-state index contributed by atoms with van der Waals surface area (Å²) in [6, 6.07) is 14.1. The van der Waals surface area contributed by atoms with E-state index in [1.54, 1.807) is 41.2 Å². The van der Waals surface area contributed by atoms with Crippen LogP contribution < -0.4 is 30.6 Å². The van der Waals surface area contributed by atoms with E-state index in [1.807, 2.05) is 24.3 Å². The van der Waals surface area contributed by atoms with Crippen molar-refractivity contribution in [3.63, 3.8) is 0 Å². The van der Waals surface area contributed by atoms with E-state index in [4.69, 9.17) is 9.47 Å². The van der Waals surface area contributed by atoms with Gasteiger partial charge in [-0.2, -0.15) is 5.26 Å². The number of rotatable bonds is 11. The first kappa shape index (κ1) is 40.5. The lowest BCUT2D eigenvalue weighted by molar-refractivity contribution is -0.133. The fourth-order valence-electron chi connectivity index (χ4n) is 8.66. The highest BCUT2D eigenvalue weighted by Gasteiger charge is 2.45. The molecule has 4 fully saturated rings. The lowest BCUT2D eigenvalue weighted by Gasteiger charge is -2.45. The number of anilines is 3. The minimum Gasteiger partial charge on any atom is -0.453 e. The number of hydrogen-bond donors (Lipinski definition) is 3. The summed E-state index contributed by atoms with van der Waals surface area (Å²) in [7, 11) is 1.89. The number of piperidine rings is 1. The fourth-order valence-corrected chi connectivity index (χ4v) is 9.21. The Labute approximate surface area is 345 Å². The molecule has 4 aliphatic rings. The number of nitrogens with zero attached hydrogens (tertiary/aromatic N) is 6. The number of carbonyl (C=O) groups excluding carboxylic acids is 2. The van der Waals surface area contributed by atoms with Crippen molar-refractivity contribution in [1.82, 2.24) is 24.1 Å². The molecule has 3 saturated heterocycles. The van der Waals surface area contributed by atoms with Gasteiger partial charge in [0, 0.05) is 63.0 Å². The second-order valence-corrected chi connectivity index (χ2v) is 16.7. The number of ether oxygens (including phenoxy) is 2. The van der Waals surface area contributed by atoms with Crippen molar-refractivity contribution in [1.29, 1.82) is 5.26 Å². The van der Waals surface area contributed by atoms with Crippen LogP contribution in [-0.2, 0) is 14.3 Å². The molecule has 4 aromatic rings. The van der Waals surface area contributed by atoms with Crippen molar-refractivity contribution in [2.75, 3.05) is 61.3 Å². The van der Waals surface area contributed by atoms with Crippen LogP contribution in [0.25, 0.3) is 10.9 Å². The number of halogens is 2. The van der Waals surface area contributed by atoms with E-state index >= 15 is 8.78 Å². The molecule has 8 rings (SSSR count). The first-order chi connectivity index (χ1) is 28.5. The highest BCUT2D eigenvalue weighted by molar-refractivity contribution is 7.98. The van der Waals surface area contributed by atoms with Gasteiger partial charge in [-0.3, -0.25) is 29.2 Å². The lowest BCUT2D eigenvalue weighted by Crippen LogP contribution is -2.52. The number of fused-ring (bicyclic) bond motifs is 1. The molecule has 2 atom stereocenters. The number of nitrogens with one attached hydrogen (secondary N) is 3. The predicted molar refractivity (Wildman–Crippen MR) is 221 cm³/mol. The Balaban J connectivity index is 0.867. The Kier molecular flexibility index (Phi) is 11.8. The summed E-state index contributed by atoms with van der Waals surface area (Å²) in [5.74, 6) is -1.76. The monoisotopic (exact) mass is 827 g/mol. The van der Waals surface area contributed by atoms with Crippen LogP contribution in [0.3, 0.4) is 0 Å². The Morgan fingerprint density at radius 2 is 1.83 bits per heavy atom. The van der Waals surface area contributed by atoms with Gasteiger partial charge in [-0.1, -0.05) is 6.92 Å². The zero-order valence-corrected chi connectivity index (χ0v) is 33.8. The number of benzene rings is 3. The minimum atomic E-state index is -0.698. The highest BCUT2D eigenvalue weighted by Crippen LogP contribution is 2.44. The summed E-state index contributed by atoms with van der Waals surface area (Å²) in [5, 5.41) is 15.6. The van der Waals surface area contributed by atoms with Gasteiger partial charge >= 0.3 is 0 Å². The summed E-state index contributed by atoms with van der Waals surface area (Å²) in [4.78, 5) is 46.7. The molecule has 2 amide bonds. The molecule has 3 N–H and O–H groups in total. The van der Waals surface area contributed by atoms with Gasteiger partial charge in [-0.05, 0) is 94.1 Å². The Morgan fingerprint density at radius 3 is 2.56 bits per heavy atom. The second-order valence-electron chi connectivity index (χ2n) is 15.7. The number of hydrogen-bond acceptors (Lipinski definition) is 13. The molecule has 1 aromatic heterocycles. The molecule has 4 heterocycles. The average Bonchev–Trinajstić information content (AvgIpc) is 3.65. The Bertz CT molecular complexity index is 2340. The zero-order chi connectivity index (χ0) is 41.3. The number of imide groups is 1. The van der Waals surface area contributed by atoms with Crippen molar-refractivity contribution in [3.05, 3.63) is 82.4 Å². The first-order valence-electron chi connectivity index (χ1n) is 20.1. The van der Waals surface area contributed by atoms with E-state index in [9.17, 15) is 19.6 Å². The van der Waals surface area contributed by atoms with Crippen LogP contribution in [0.2, 0.25) is 0 Å². The van der Waals surface area contributed by atoms with E-state index < -0.39 is 17.8 Å². The third-order valence-corrected chi connectivity index (χ3v) is 13.0. The van der Waals surface area contributed by atoms with Crippen molar-refractivity contribution in [2.24, 2.45) is 0 Å². The molecule has 1 aliphatic carbocycles. The maximum Gasteiger partial charge on any atom is 0.261 e. The first-order valence-corrected chi connectivity index (χ1v) is 20.9. The van der Waals surface area contributed by atoms with E-state index in [2.05, 4.69) is 30.1 Å². The molecule has 1 saturated carbocycles. The predicted octanol–water partition coefficient (Wildman–Crippen LogP) is 5.95. The number of nitriles is 1. The van der Waals surface area contributed by atoms with E-state index in [-0.39, 0.29) is 52.4 Å². The number of amides is 2. The average molecular weight is 828 g/mol. The van der Waals surface area contributed by atoms with Gasteiger partial charge in [0.1, 0.15) is 29.2 Å². The highest BCUT2D eigenvalue weighted by atomic mass is 32.2. The molecule has 17 heteroatoms. The topological polar surface area (TPSA) is 157 Å². The van der Waals surface area contributed by atoms with Gasteiger partial charge in [-0.15, -0.1) is 0 Å². The minimum absolute atomic E-state index is 0.0108. The molecule has 310 valence electrons. The van der Waals surface area contributed by atoms with Gasteiger partial charge in [0.25, 0.3) is 5.56 Å². The summed E-state index contributed by atoms with van der Waals surface area (Å²) < 4.78 is 49.4. The SMILES string of the molecule is CCN(C)SNc1ccc(F)c(Oc2ccc3ncn(C4COC5(CCC(N6CCN(c7ccc(NC8CCC(=O)NC8=O)cc7F)CC6)CC5)C4)c(=O)c3c2)c1C#N. The van der Waals surface area contributed by atoms with Crippen LogP contribution in [0.1, 0.15) is 63.5 Å². The molecule has 0 radical (unpaired) electrons. The van der Waals surface area contributed by atoms with Crippen LogP contribution in [0.5, 0.6) is 11.5 Å². The standard InChI is InChI=1S/C42H47F2N9O5S/c1-3-50(2)59-49-35-8-6-32(43)39(31(35)23-45)58-29-5-7-34-30(21-29)41(56)53(25-46-34)28-22-42(57-24-28)14-12-27(13-15-42)51-16-18-52(19-17-51)37-10-4-26(20-33(37)44)47-36-9-11-38(54)48-40(36)55/h4-8,10,20-21,25,27-28,36,47,49H,3,9,11-19,22,24H2,1-2H3,(H,48,54,55). The molecule has 3 aromatic carbocycles. The Morgan fingerprint density at radius 1 is 1.03 bits per heavy atom. The smallest absolute Gasteiger partial charge is 0.261 e. The van der Waals surface area contributed by atoms with E-state index in [0.717, 1.165) is 45.3 Å². The normalized spacial score (nSPS) is 23.7. The van der Waals surface area contributed by atoms with Crippen molar-refractivity contribution >= 4 is 51.9 Å². The third-order valence-electron chi connectivity index (χ3n) is 12.1. The van der Waals surface area contributed by atoms with Crippen LogP contribution in [-0.4, -0.2) is 94.6 Å². The van der Waals surface area contributed by atoms with Crippen LogP contribution >= 0.6 is 12.1 Å². The molecule has 2 unspecified atom stereocenters. The molecule has 3 aliphatic heterocycles. The summed E-state index contributed by atoms with van der Waals surface area (Å²) >= 11 is 1.28. The fraction of sp³-hybridized carbons (Fsp3) is 0.452. The maximum absolute atomic E-state index is 15.3. The number of carbonyl (C=O) groups is 2. The lowest BCUT2D eigenvalue weighted by atomic mass is 9.79. The van der Waals surface area contributed by atoms with Crippen LogP contribution in [0, 0.1) is 23.0 Å². The maximum atomic E-state index is 15.3. The largest absolute Gasteiger partial charge is 0.453 e. The molecule has 1 spiro atoms. The van der Waals surface area contributed by atoms with E-state index in [0.29, 0.717) is 66.5 Å². The van der Waals surface area contributed by atoms with Crippen molar-refractivity contribution in [3.8, 4) is 17.6 Å². The third kappa shape index (κ3) is 8.58. The summed E-state index contributed by atoms with van der Waals surface area (Å²) in [6.45, 7) is 6.12. The van der Waals surface area contributed by atoms with Gasteiger partial charge in [0.05, 0.1) is 46.9 Å². The summed E-state index contributed by atoms with van der Waals surface area (Å²) in [6.07, 6.45) is 6.53. The molecular formula is C42H47F2N9O5S. The molecule has 14 nitrogen and oxygen atoms in total. The van der Waals surface area contributed by atoms with Crippen LogP contribution in [0.15, 0.2) is 59.7 Å². The van der Waals surface area contributed by atoms with Crippen molar-refractivity contribution in [2.45, 2.75) is 75.6 Å². The van der Waals surface area contributed by atoms with Gasteiger partial charge in [0.15, 0.2) is 11.6 Å². The van der Waals surface area contributed by atoms with Gasteiger partial charge in [-0.25, -0.2) is 18.1 Å². The molecular weight excluding hydrogens is 781 g/mol. The molecule has 0 bridgehead atoms. The van der Waals surface area contributed by atoms with Crippen LogP contribution in [0.4, 0.5) is 25.8 Å². The quantitative estimate of drug-likeness (QED) is 0.121. The summed E-state index contributed by atoms with van der Waals surface area (Å²) in [5.41, 5.74) is 1.35. The van der Waals surface area contributed by atoms with Gasteiger partial charge in [0.2, 0.25) is 11.8 Å². The van der Waals surface area contributed by atoms with E-state index in [1.165, 1.54) is 30.3 Å². The number of piperazine rings is 1.